The molecular weight excluding hydrogens is 463 g/mol. The summed E-state index contributed by atoms with van der Waals surface area (Å²) in [5.74, 6) is 1.35. The zero-order valence-electron chi connectivity index (χ0n) is 17.8. The SMILES string of the molecule is CCc1ccccc1CNC(=NC)NC1CCN(C(=O)C(CC)CC)CC1.I. The van der Waals surface area contributed by atoms with E-state index in [0.717, 1.165) is 57.7 Å². The van der Waals surface area contributed by atoms with E-state index in [1.165, 1.54) is 11.1 Å². The predicted molar refractivity (Wildman–Crippen MR) is 128 cm³/mol. The summed E-state index contributed by atoms with van der Waals surface area (Å²) in [7, 11) is 1.81. The maximum Gasteiger partial charge on any atom is 0.225 e. The first-order valence-corrected chi connectivity index (χ1v) is 10.5. The van der Waals surface area contributed by atoms with Crippen molar-refractivity contribution < 1.29 is 4.79 Å². The summed E-state index contributed by atoms with van der Waals surface area (Å²) in [6, 6.07) is 8.88. The zero-order chi connectivity index (χ0) is 19.6. The standard InChI is InChI=1S/C22H36N4O.HI/c1-5-17(6-2)21(27)26-14-12-20(13-15-26)25-22(23-4)24-16-19-11-9-8-10-18(19)7-3;/h8-11,17,20H,5-7,12-16H2,1-4H3,(H2,23,24,25);1H. The number of nitrogens with one attached hydrogen (secondary N) is 2. The molecule has 0 unspecified atom stereocenters. The van der Waals surface area contributed by atoms with Crippen LogP contribution in [-0.2, 0) is 17.8 Å². The summed E-state index contributed by atoms with van der Waals surface area (Å²) in [6.45, 7) is 8.84. The van der Waals surface area contributed by atoms with E-state index >= 15 is 0 Å². The van der Waals surface area contributed by atoms with Crippen molar-refractivity contribution in [2.24, 2.45) is 10.9 Å². The fourth-order valence-corrected chi connectivity index (χ4v) is 3.78. The quantitative estimate of drug-likeness (QED) is 0.339. The van der Waals surface area contributed by atoms with E-state index in [9.17, 15) is 4.79 Å². The van der Waals surface area contributed by atoms with Gasteiger partial charge in [0.1, 0.15) is 0 Å². The lowest BCUT2D eigenvalue weighted by atomic mass is 9.98. The summed E-state index contributed by atoms with van der Waals surface area (Å²) < 4.78 is 0. The Balaban J connectivity index is 0.00000392. The van der Waals surface area contributed by atoms with Gasteiger partial charge in [0, 0.05) is 38.6 Å². The molecule has 28 heavy (non-hydrogen) atoms. The highest BCUT2D eigenvalue weighted by Gasteiger charge is 2.26. The van der Waals surface area contributed by atoms with Crippen molar-refractivity contribution in [1.82, 2.24) is 15.5 Å². The number of aryl methyl sites for hydroxylation is 1. The molecule has 6 heteroatoms. The molecule has 0 aliphatic carbocycles. The van der Waals surface area contributed by atoms with Crippen LogP contribution < -0.4 is 10.6 Å². The number of amides is 1. The van der Waals surface area contributed by atoms with Crippen molar-refractivity contribution in [3.63, 3.8) is 0 Å². The number of halogens is 1. The van der Waals surface area contributed by atoms with E-state index in [1.807, 2.05) is 11.9 Å². The third-order valence-electron chi connectivity index (χ3n) is 5.65. The summed E-state index contributed by atoms with van der Waals surface area (Å²) in [5, 5.41) is 6.97. The minimum Gasteiger partial charge on any atom is -0.354 e. The van der Waals surface area contributed by atoms with E-state index in [-0.39, 0.29) is 29.9 Å². The molecule has 0 radical (unpaired) electrons. The molecule has 0 spiro atoms. The largest absolute Gasteiger partial charge is 0.354 e. The van der Waals surface area contributed by atoms with Gasteiger partial charge in [0.2, 0.25) is 5.91 Å². The van der Waals surface area contributed by atoms with E-state index < -0.39 is 0 Å². The van der Waals surface area contributed by atoms with Gasteiger partial charge in [0.25, 0.3) is 0 Å². The molecule has 5 nitrogen and oxygen atoms in total. The number of carbonyl (C=O) groups excluding carboxylic acids is 1. The van der Waals surface area contributed by atoms with Gasteiger partial charge >= 0.3 is 0 Å². The van der Waals surface area contributed by atoms with Crippen molar-refractivity contribution in [2.45, 2.75) is 65.5 Å². The number of hydrogen-bond donors (Lipinski definition) is 2. The molecule has 0 aromatic heterocycles. The molecule has 1 aliphatic rings. The van der Waals surface area contributed by atoms with Crippen molar-refractivity contribution in [1.29, 1.82) is 0 Å². The monoisotopic (exact) mass is 500 g/mol. The molecule has 1 saturated heterocycles. The third-order valence-corrected chi connectivity index (χ3v) is 5.65. The molecule has 1 fully saturated rings. The van der Waals surface area contributed by atoms with Crippen LogP contribution in [-0.4, -0.2) is 42.9 Å². The van der Waals surface area contributed by atoms with Crippen LogP contribution in [0.4, 0.5) is 0 Å². The number of likely N-dealkylation sites (tertiary alicyclic amines) is 1. The Morgan fingerprint density at radius 3 is 2.29 bits per heavy atom. The number of benzene rings is 1. The molecule has 1 aliphatic heterocycles. The van der Waals surface area contributed by atoms with E-state index in [0.29, 0.717) is 11.9 Å². The number of aliphatic imine (C=N–C) groups is 1. The van der Waals surface area contributed by atoms with Gasteiger partial charge in [0.15, 0.2) is 5.96 Å². The lowest BCUT2D eigenvalue weighted by Crippen LogP contribution is -2.50. The van der Waals surface area contributed by atoms with Crippen molar-refractivity contribution in [2.75, 3.05) is 20.1 Å². The molecule has 1 aromatic carbocycles. The van der Waals surface area contributed by atoms with Gasteiger partial charge in [-0.15, -0.1) is 24.0 Å². The fourth-order valence-electron chi connectivity index (χ4n) is 3.78. The minimum absolute atomic E-state index is 0. The predicted octanol–water partition coefficient (Wildman–Crippen LogP) is 3.96. The first kappa shape index (κ1) is 24.7. The lowest BCUT2D eigenvalue weighted by molar-refractivity contribution is -0.136. The topological polar surface area (TPSA) is 56.7 Å². The highest BCUT2D eigenvalue weighted by Crippen LogP contribution is 2.17. The Morgan fingerprint density at radius 1 is 1.14 bits per heavy atom. The summed E-state index contributed by atoms with van der Waals surface area (Å²) in [4.78, 5) is 19.0. The number of guanidine groups is 1. The van der Waals surface area contributed by atoms with Crippen LogP contribution in [0.5, 0.6) is 0 Å². The fraction of sp³-hybridized carbons (Fsp3) is 0.636. The van der Waals surface area contributed by atoms with Gasteiger partial charge in [-0.2, -0.15) is 0 Å². The van der Waals surface area contributed by atoms with Crippen LogP contribution in [0.15, 0.2) is 29.3 Å². The first-order chi connectivity index (χ1) is 13.1. The second-order valence-corrected chi connectivity index (χ2v) is 7.31. The molecule has 0 bridgehead atoms. The number of nitrogens with zero attached hydrogens (tertiary/aromatic N) is 2. The molecule has 1 heterocycles. The Hall–Kier alpha value is -1.31. The van der Waals surface area contributed by atoms with Crippen LogP contribution in [0.3, 0.4) is 0 Å². The number of hydrogen-bond acceptors (Lipinski definition) is 2. The lowest BCUT2D eigenvalue weighted by Gasteiger charge is -2.34. The maximum atomic E-state index is 12.5. The Labute approximate surface area is 187 Å². The van der Waals surface area contributed by atoms with Gasteiger partial charge in [0.05, 0.1) is 0 Å². The van der Waals surface area contributed by atoms with Crippen LogP contribution in [0.25, 0.3) is 0 Å². The van der Waals surface area contributed by atoms with Crippen LogP contribution >= 0.6 is 24.0 Å². The molecule has 2 rings (SSSR count). The third kappa shape index (κ3) is 6.94. The molecule has 1 amide bonds. The molecule has 0 saturated carbocycles. The number of piperidine rings is 1. The number of rotatable bonds is 7. The van der Waals surface area contributed by atoms with Gasteiger partial charge in [-0.1, -0.05) is 45.0 Å². The molecule has 2 N–H and O–H groups in total. The molecule has 1 aromatic rings. The second-order valence-electron chi connectivity index (χ2n) is 7.31. The van der Waals surface area contributed by atoms with E-state index in [1.54, 1.807) is 0 Å². The molecule has 0 atom stereocenters. The highest BCUT2D eigenvalue weighted by molar-refractivity contribution is 14.0. The van der Waals surface area contributed by atoms with E-state index in [2.05, 4.69) is 60.7 Å². The summed E-state index contributed by atoms with van der Waals surface area (Å²) in [5.41, 5.74) is 2.68. The minimum atomic E-state index is 0. The van der Waals surface area contributed by atoms with Crippen LogP contribution in [0, 0.1) is 5.92 Å². The van der Waals surface area contributed by atoms with Crippen LogP contribution in [0.1, 0.15) is 57.6 Å². The highest BCUT2D eigenvalue weighted by atomic mass is 127. The van der Waals surface area contributed by atoms with Gasteiger partial charge in [-0.3, -0.25) is 9.79 Å². The normalized spacial score (nSPS) is 15.3. The van der Waals surface area contributed by atoms with Gasteiger partial charge in [-0.25, -0.2) is 0 Å². The number of carbonyl (C=O) groups is 1. The van der Waals surface area contributed by atoms with Gasteiger partial charge < -0.3 is 15.5 Å². The molecular formula is C22H37IN4O. The summed E-state index contributed by atoms with van der Waals surface area (Å²) in [6.07, 6.45) is 4.84. The smallest absolute Gasteiger partial charge is 0.225 e. The maximum absolute atomic E-state index is 12.5. The second kappa shape index (κ2) is 13.0. The molecule has 158 valence electrons. The van der Waals surface area contributed by atoms with Crippen molar-refractivity contribution in [3.05, 3.63) is 35.4 Å². The van der Waals surface area contributed by atoms with Crippen molar-refractivity contribution in [3.8, 4) is 0 Å². The Kier molecular flexibility index (Phi) is 11.5. The van der Waals surface area contributed by atoms with Crippen molar-refractivity contribution >= 4 is 35.8 Å². The first-order valence-electron chi connectivity index (χ1n) is 10.5. The average molecular weight is 500 g/mol. The summed E-state index contributed by atoms with van der Waals surface area (Å²) >= 11 is 0. The Bertz CT molecular complexity index is 623. The average Bonchev–Trinajstić information content (AvgIpc) is 2.72. The zero-order valence-corrected chi connectivity index (χ0v) is 20.2. The van der Waals surface area contributed by atoms with Gasteiger partial charge in [-0.05, 0) is 43.2 Å². The van der Waals surface area contributed by atoms with E-state index in [4.69, 9.17) is 0 Å². The van der Waals surface area contributed by atoms with Crippen LogP contribution in [0.2, 0.25) is 0 Å². The Morgan fingerprint density at radius 2 is 1.75 bits per heavy atom.